The van der Waals surface area contributed by atoms with Gasteiger partial charge in [-0.05, 0) is 37.5 Å². The molecule has 0 aliphatic rings. The molecule has 100 heavy (non-hydrogen) atoms. The second-order valence-electron chi connectivity index (χ2n) is 29.9. The van der Waals surface area contributed by atoms with Crippen LogP contribution in [0.25, 0.3) is 0 Å². The van der Waals surface area contributed by atoms with Crippen molar-refractivity contribution in [3.05, 3.63) is 0 Å². The molecule has 0 fully saturated rings. The first-order valence-corrected chi connectivity index (χ1v) is 45.0. The molecule has 594 valence electrons. The largest absolute Gasteiger partial charge is 0.472 e. The molecular formula is C81H158O17P2. The van der Waals surface area contributed by atoms with Crippen LogP contribution >= 0.6 is 15.6 Å². The zero-order valence-corrected chi connectivity index (χ0v) is 67.3. The number of esters is 4. The van der Waals surface area contributed by atoms with Crippen LogP contribution in [0.5, 0.6) is 0 Å². The van der Waals surface area contributed by atoms with Crippen LogP contribution in [0.4, 0.5) is 0 Å². The number of hydrogen-bond acceptors (Lipinski definition) is 15. The molecule has 3 unspecified atom stereocenters. The Balaban J connectivity index is 5.20. The van der Waals surface area contributed by atoms with E-state index in [0.717, 1.165) is 108 Å². The molecule has 17 nitrogen and oxygen atoms in total. The van der Waals surface area contributed by atoms with Gasteiger partial charge in [-0.3, -0.25) is 37.3 Å². The average molecular weight is 1470 g/mol. The Morgan fingerprint density at radius 3 is 0.760 bits per heavy atom. The van der Waals surface area contributed by atoms with Crippen molar-refractivity contribution in [2.24, 2.45) is 11.8 Å². The molecule has 0 aromatic heterocycles. The average Bonchev–Trinajstić information content (AvgIpc) is 0.940. The number of unbranched alkanes of at least 4 members (excludes halogenated alkanes) is 49. The van der Waals surface area contributed by atoms with Crippen LogP contribution in [0.1, 0.15) is 427 Å². The van der Waals surface area contributed by atoms with Crippen LogP contribution in [-0.2, 0) is 65.4 Å². The lowest BCUT2D eigenvalue weighted by Crippen LogP contribution is -2.30. The lowest BCUT2D eigenvalue weighted by molar-refractivity contribution is -0.161. The second kappa shape index (κ2) is 72.6. The van der Waals surface area contributed by atoms with Crippen molar-refractivity contribution in [2.45, 2.75) is 445 Å². The van der Waals surface area contributed by atoms with Gasteiger partial charge >= 0.3 is 39.5 Å². The van der Waals surface area contributed by atoms with Crippen molar-refractivity contribution in [1.29, 1.82) is 0 Å². The molecule has 19 heteroatoms. The van der Waals surface area contributed by atoms with Gasteiger partial charge < -0.3 is 33.8 Å². The predicted octanol–water partition coefficient (Wildman–Crippen LogP) is 24.3. The van der Waals surface area contributed by atoms with E-state index in [4.69, 9.17) is 37.0 Å². The van der Waals surface area contributed by atoms with Gasteiger partial charge in [0.05, 0.1) is 26.4 Å². The van der Waals surface area contributed by atoms with Crippen molar-refractivity contribution in [2.75, 3.05) is 39.6 Å². The van der Waals surface area contributed by atoms with Crippen LogP contribution in [-0.4, -0.2) is 96.7 Å². The molecule has 0 saturated carbocycles. The number of aliphatic hydroxyl groups excluding tert-OH is 1. The van der Waals surface area contributed by atoms with E-state index in [2.05, 4.69) is 41.5 Å². The Morgan fingerprint density at radius 2 is 0.510 bits per heavy atom. The van der Waals surface area contributed by atoms with E-state index in [1.807, 2.05) is 0 Å². The smallest absolute Gasteiger partial charge is 0.462 e. The van der Waals surface area contributed by atoms with E-state index in [9.17, 15) is 43.2 Å². The Hall–Kier alpha value is -1.94. The molecule has 0 heterocycles. The van der Waals surface area contributed by atoms with Crippen LogP contribution < -0.4 is 0 Å². The van der Waals surface area contributed by atoms with Crippen molar-refractivity contribution < 1.29 is 80.2 Å². The van der Waals surface area contributed by atoms with E-state index in [1.54, 1.807) is 0 Å². The van der Waals surface area contributed by atoms with Crippen molar-refractivity contribution in [3.63, 3.8) is 0 Å². The standard InChI is InChI=1S/C81H158O17P2/c1-7-10-12-14-16-18-20-21-22-23-27-30-33-37-40-44-51-57-63-78(83)91-69-76(97-81(86)66-60-54-46-42-38-34-31-28-25-24-26-29-32-36-39-43-49-55-61-73(4)5)71-95-99(87,88)93-67-75(82)68-94-100(89,90)96-72-77(70-92-79(84)64-58-52-48-47-50-56-62-74(6)9-3)98-80(85)65-59-53-45-41-35-19-17-15-13-11-8-2/h73-77,82H,7-72H2,1-6H3,(H,87,88)(H,89,90)/t74?,75-,76-,77-/m1/s1. The minimum absolute atomic E-state index is 0.106. The predicted molar refractivity (Wildman–Crippen MR) is 409 cm³/mol. The first-order chi connectivity index (χ1) is 48.4. The van der Waals surface area contributed by atoms with Gasteiger partial charge in [-0.1, -0.05) is 375 Å². The van der Waals surface area contributed by atoms with Gasteiger partial charge in [0.2, 0.25) is 0 Å². The Bertz CT molecular complexity index is 1930. The summed E-state index contributed by atoms with van der Waals surface area (Å²) in [7, 11) is -9.92. The number of phosphoric acid groups is 2. The summed E-state index contributed by atoms with van der Waals surface area (Å²) in [4.78, 5) is 73.0. The summed E-state index contributed by atoms with van der Waals surface area (Å²) in [5.41, 5.74) is 0. The zero-order valence-electron chi connectivity index (χ0n) is 65.5. The minimum Gasteiger partial charge on any atom is -0.462 e. The number of aliphatic hydroxyl groups is 1. The van der Waals surface area contributed by atoms with Crippen molar-refractivity contribution in [1.82, 2.24) is 0 Å². The van der Waals surface area contributed by atoms with Crippen LogP contribution in [0.15, 0.2) is 0 Å². The fourth-order valence-electron chi connectivity index (χ4n) is 12.5. The maximum Gasteiger partial charge on any atom is 0.472 e. The molecule has 0 rings (SSSR count). The number of phosphoric ester groups is 2. The number of ether oxygens (including phenoxy) is 4. The molecular weight excluding hydrogens is 1310 g/mol. The lowest BCUT2D eigenvalue weighted by Gasteiger charge is -2.21. The fraction of sp³-hybridized carbons (Fsp3) is 0.951. The minimum atomic E-state index is -4.96. The first-order valence-electron chi connectivity index (χ1n) is 42.0. The molecule has 0 amide bonds. The third-order valence-corrected chi connectivity index (χ3v) is 21.2. The molecule has 0 aromatic carbocycles. The van der Waals surface area contributed by atoms with Gasteiger partial charge in [-0.2, -0.15) is 0 Å². The fourth-order valence-corrected chi connectivity index (χ4v) is 14.1. The molecule has 6 atom stereocenters. The van der Waals surface area contributed by atoms with E-state index in [1.165, 1.54) is 238 Å². The summed E-state index contributed by atoms with van der Waals surface area (Å²) in [6.45, 7) is 9.62. The van der Waals surface area contributed by atoms with Gasteiger partial charge in [0.25, 0.3) is 0 Å². The highest BCUT2D eigenvalue weighted by molar-refractivity contribution is 7.47. The highest BCUT2D eigenvalue weighted by atomic mass is 31.2. The molecule has 0 aliphatic carbocycles. The Labute approximate surface area is 613 Å². The van der Waals surface area contributed by atoms with Crippen LogP contribution in [0, 0.1) is 11.8 Å². The number of carbonyl (C=O) groups is 4. The maximum absolute atomic E-state index is 13.1. The van der Waals surface area contributed by atoms with Crippen LogP contribution in [0.3, 0.4) is 0 Å². The summed E-state index contributed by atoms with van der Waals surface area (Å²) >= 11 is 0. The zero-order chi connectivity index (χ0) is 73.5. The van der Waals surface area contributed by atoms with Gasteiger partial charge in [-0.25, -0.2) is 9.13 Å². The molecule has 0 spiro atoms. The Kier molecular flexibility index (Phi) is 71.2. The van der Waals surface area contributed by atoms with E-state index in [0.29, 0.717) is 25.7 Å². The molecule has 0 aliphatic heterocycles. The quantitative estimate of drug-likeness (QED) is 0.0222. The highest BCUT2D eigenvalue weighted by Crippen LogP contribution is 2.45. The van der Waals surface area contributed by atoms with E-state index >= 15 is 0 Å². The topological polar surface area (TPSA) is 237 Å². The first kappa shape index (κ1) is 98.1. The molecule has 0 radical (unpaired) electrons. The summed E-state index contributed by atoms with van der Waals surface area (Å²) in [6, 6.07) is 0. The monoisotopic (exact) mass is 1470 g/mol. The number of carbonyl (C=O) groups excluding carboxylic acids is 4. The summed E-state index contributed by atoms with van der Waals surface area (Å²) < 4.78 is 68.7. The van der Waals surface area contributed by atoms with Crippen LogP contribution in [0.2, 0.25) is 0 Å². The molecule has 0 bridgehead atoms. The lowest BCUT2D eigenvalue weighted by atomic mass is 10.00. The molecule has 0 aromatic rings. The normalized spacial score (nSPS) is 14.2. The van der Waals surface area contributed by atoms with E-state index in [-0.39, 0.29) is 25.7 Å². The highest BCUT2D eigenvalue weighted by Gasteiger charge is 2.30. The third-order valence-electron chi connectivity index (χ3n) is 19.3. The van der Waals surface area contributed by atoms with Gasteiger partial charge in [0.15, 0.2) is 12.2 Å². The van der Waals surface area contributed by atoms with Gasteiger partial charge in [0, 0.05) is 25.7 Å². The SMILES string of the molecule is CCCCCCCCCCCCCCCCCCCCC(=O)OC[C@H](COP(=O)(O)OC[C@@H](O)COP(=O)(O)OC[C@@H](COC(=O)CCCCCCCCC(C)CC)OC(=O)CCCCCCCCCCCCC)OC(=O)CCCCCCCCCCCCCCCCCCCCC(C)C. The van der Waals surface area contributed by atoms with Gasteiger partial charge in [-0.15, -0.1) is 0 Å². The molecule has 0 saturated heterocycles. The third kappa shape index (κ3) is 73.0. The number of rotatable bonds is 80. The summed E-state index contributed by atoms with van der Waals surface area (Å²) in [5, 5.41) is 10.6. The van der Waals surface area contributed by atoms with Crippen molar-refractivity contribution in [3.8, 4) is 0 Å². The Morgan fingerprint density at radius 1 is 0.290 bits per heavy atom. The van der Waals surface area contributed by atoms with E-state index < -0.39 is 97.5 Å². The second-order valence-corrected chi connectivity index (χ2v) is 32.8. The number of hydrogen-bond donors (Lipinski definition) is 3. The summed E-state index contributed by atoms with van der Waals surface area (Å²) in [5.74, 6) is -0.558. The summed E-state index contributed by atoms with van der Waals surface area (Å²) in [6.07, 6.45) is 62.6. The maximum atomic E-state index is 13.1. The van der Waals surface area contributed by atoms with Crippen molar-refractivity contribution >= 4 is 39.5 Å². The molecule has 3 N–H and O–H groups in total. The van der Waals surface area contributed by atoms with Gasteiger partial charge in [0.1, 0.15) is 19.3 Å².